The van der Waals surface area contributed by atoms with Gasteiger partial charge >= 0.3 is 6.01 Å². The van der Waals surface area contributed by atoms with E-state index in [1.807, 2.05) is 0 Å². The van der Waals surface area contributed by atoms with Crippen molar-refractivity contribution in [1.82, 2.24) is 25.3 Å². The van der Waals surface area contributed by atoms with E-state index in [0.717, 1.165) is 68.9 Å². The third kappa shape index (κ3) is 4.96. The average Bonchev–Trinajstić information content (AvgIpc) is 3.59. The van der Waals surface area contributed by atoms with Gasteiger partial charge in [-0.1, -0.05) is 24.0 Å². The molecule has 1 aromatic carbocycles. The van der Waals surface area contributed by atoms with Crippen molar-refractivity contribution in [3.63, 3.8) is 0 Å². The molecule has 3 aliphatic rings. The number of aliphatic hydroxyl groups excluding tert-OH is 1. The molecule has 2 atom stereocenters. The molecule has 3 fully saturated rings. The number of amides is 1. The zero-order chi connectivity index (χ0) is 23.7. The largest absolute Gasteiger partial charge is 0.406 e. The predicted molar refractivity (Wildman–Crippen MR) is 129 cm³/mol. The van der Waals surface area contributed by atoms with E-state index in [1.54, 1.807) is 0 Å². The number of rotatable bonds is 6. The van der Waals surface area contributed by atoms with Crippen LogP contribution in [-0.2, 0) is 11.3 Å². The van der Waals surface area contributed by atoms with Gasteiger partial charge in [-0.15, -0.1) is 5.10 Å². The van der Waals surface area contributed by atoms with Crippen LogP contribution < -0.4 is 10.6 Å². The van der Waals surface area contributed by atoms with Crippen molar-refractivity contribution >= 4 is 17.6 Å². The molecule has 184 valence electrons. The van der Waals surface area contributed by atoms with E-state index in [1.165, 1.54) is 18.4 Å². The first-order valence-electron chi connectivity index (χ1n) is 12.6. The highest BCUT2D eigenvalue weighted by molar-refractivity contribution is 5.79. The zero-order valence-corrected chi connectivity index (χ0v) is 20.2. The third-order valence-corrected chi connectivity index (χ3v) is 7.58. The summed E-state index contributed by atoms with van der Waals surface area (Å²) in [5.41, 5.74) is 4.51. The van der Waals surface area contributed by atoms with Crippen LogP contribution in [0.15, 0.2) is 16.5 Å². The van der Waals surface area contributed by atoms with Gasteiger partial charge in [0.25, 0.3) is 0 Å². The molecule has 3 heterocycles. The SMILES string of the molecule is Cc1cc(CN2CCN(C(=O)C3CCCC3)CC2)c(C)c(Nc2nnc(C3NCCC3O)o2)c1. The van der Waals surface area contributed by atoms with E-state index in [-0.39, 0.29) is 12.0 Å². The highest BCUT2D eigenvalue weighted by Crippen LogP contribution is 2.29. The molecular weight excluding hydrogens is 432 g/mol. The molecule has 2 saturated heterocycles. The molecule has 0 bridgehead atoms. The Morgan fingerprint density at radius 1 is 1.15 bits per heavy atom. The molecule has 0 radical (unpaired) electrons. The second-order valence-corrected chi connectivity index (χ2v) is 10.0. The van der Waals surface area contributed by atoms with Crippen LogP contribution in [-0.4, -0.2) is 69.8 Å². The summed E-state index contributed by atoms with van der Waals surface area (Å²) in [7, 11) is 0. The van der Waals surface area contributed by atoms with Gasteiger partial charge in [0, 0.05) is 44.3 Å². The van der Waals surface area contributed by atoms with E-state index >= 15 is 0 Å². The van der Waals surface area contributed by atoms with Crippen LogP contribution >= 0.6 is 0 Å². The Hall–Kier alpha value is -2.49. The Morgan fingerprint density at radius 3 is 2.62 bits per heavy atom. The summed E-state index contributed by atoms with van der Waals surface area (Å²) in [5.74, 6) is 1.04. The minimum absolute atomic E-state index is 0.261. The lowest BCUT2D eigenvalue weighted by atomic mass is 10.0. The van der Waals surface area contributed by atoms with Gasteiger partial charge in [-0.05, 0) is 62.4 Å². The minimum Gasteiger partial charge on any atom is -0.406 e. The third-order valence-electron chi connectivity index (χ3n) is 7.58. The van der Waals surface area contributed by atoms with E-state index in [2.05, 4.69) is 56.6 Å². The Balaban J connectivity index is 1.21. The van der Waals surface area contributed by atoms with Crippen LogP contribution in [0.5, 0.6) is 0 Å². The lowest BCUT2D eigenvalue weighted by Crippen LogP contribution is -2.49. The van der Waals surface area contributed by atoms with Crippen LogP contribution in [0.2, 0.25) is 0 Å². The predicted octanol–water partition coefficient (Wildman–Crippen LogP) is 2.66. The molecule has 2 aromatic rings. The average molecular weight is 469 g/mol. The number of anilines is 2. The zero-order valence-electron chi connectivity index (χ0n) is 20.2. The lowest BCUT2D eigenvalue weighted by Gasteiger charge is -2.36. The van der Waals surface area contributed by atoms with Crippen LogP contribution in [0.25, 0.3) is 0 Å². The molecule has 9 nitrogen and oxygen atoms in total. The van der Waals surface area contributed by atoms with Crippen molar-refractivity contribution in [2.45, 2.75) is 64.6 Å². The van der Waals surface area contributed by atoms with E-state index in [0.29, 0.717) is 24.2 Å². The Morgan fingerprint density at radius 2 is 1.91 bits per heavy atom. The smallest absolute Gasteiger partial charge is 0.320 e. The van der Waals surface area contributed by atoms with Crippen LogP contribution in [0.3, 0.4) is 0 Å². The summed E-state index contributed by atoms with van der Waals surface area (Å²) in [6.45, 7) is 9.22. The van der Waals surface area contributed by atoms with Gasteiger partial charge < -0.3 is 25.1 Å². The molecule has 2 unspecified atom stereocenters. The fourth-order valence-corrected chi connectivity index (χ4v) is 5.49. The summed E-state index contributed by atoms with van der Waals surface area (Å²) in [6, 6.07) is 4.34. The molecule has 9 heteroatoms. The number of nitrogens with zero attached hydrogens (tertiary/aromatic N) is 4. The lowest BCUT2D eigenvalue weighted by molar-refractivity contribution is -0.137. The highest BCUT2D eigenvalue weighted by Gasteiger charge is 2.31. The maximum Gasteiger partial charge on any atom is 0.320 e. The number of benzene rings is 1. The summed E-state index contributed by atoms with van der Waals surface area (Å²) in [5, 5.41) is 24.8. The number of nitrogens with one attached hydrogen (secondary N) is 2. The fourth-order valence-electron chi connectivity index (χ4n) is 5.49. The number of carbonyl (C=O) groups excluding carboxylic acids is 1. The standard InChI is InChI=1S/C25H36N6O3/c1-16-13-19(15-30-9-11-31(12-10-30)24(33)18-5-3-4-6-18)17(2)20(14-16)27-25-29-28-23(34-25)22-21(32)7-8-26-22/h13-14,18,21-22,26,32H,3-12,15H2,1-2H3,(H,27,29). The minimum atomic E-state index is -0.505. The fraction of sp³-hybridized carbons (Fsp3) is 0.640. The molecular formula is C25H36N6O3. The van der Waals surface area contributed by atoms with Gasteiger partial charge in [0.2, 0.25) is 11.8 Å². The van der Waals surface area contributed by atoms with Crippen molar-refractivity contribution < 1.29 is 14.3 Å². The van der Waals surface area contributed by atoms with Crippen LogP contribution in [0.1, 0.15) is 60.7 Å². The Labute approximate surface area is 200 Å². The quantitative estimate of drug-likeness (QED) is 0.594. The second kappa shape index (κ2) is 10.0. The van der Waals surface area contributed by atoms with Gasteiger partial charge in [-0.3, -0.25) is 9.69 Å². The molecule has 1 saturated carbocycles. The molecule has 3 N–H and O–H groups in total. The summed E-state index contributed by atoms with van der Waals surface area (Å²) in [6.07, 6.45) is 4.70. The Bertz CT molecular complexity index is 1010. The maximum atomic E-state index is 12.7. The topological polar surface area (TPSA) is 107 Å². The number of aryl methyl sites for hydroxylation is 1. The maximum absolute atomic E-state index is 12.7. The normalized spacial score (nSPS) is 24.1. The number of piperazine rings is 1. The second-order valence-electron chi connectivity index (χ2n) is 10.0. The van der Waals surface area contributed by atoms with E-state index in [4.69, 9.17) is 4.42 Å². The van der Waals surface area contributed by atoms with Crippen LogP contribution in [0, 0.1) is 19.8 Å². The number of hydrogen-bond donors (Lipinski definition) is 3. The number of aromatic nitrogens is 2. The van der Waals surface area contributed by atoms with Crippen molar-refractivity contribution in [3.05, 3.63) is 34.7 Å². The first kappa shape index (κ1) is 23.3. The molecule has 2 aliphatic heterocycles. The van der Waals surface area contributed by atoms with E-state index in [9.17, 15) is 9.90 Å². The molecule has 1 amide bonds. The number of aliphatic hydroxyl groups is 1. The van der Waals surface area contributed by atoms with Gasteiger partial charge in [0.1, 0.15) is 6.04 Å². The van der Waals surface area contributed by atoms with Crippen molar-refractivity contribution in [1.29, 1.82) is 0 Å². The van der Waals surface area contributed by atoms with Gasteiger partial charge in [0.15, 0.2) is 0 Å². The molecule has 0 spiro atoms. The van der Waals surface area contributed by atoms with Gasteiger partial charge in [-0.25, -0.2) is 0 Å². The number of carbonyl (C=O) groups is 1. The van der Waals surface area contributed by atoms with Crippen molar-refractivity contribution in [3.8, 4) is 0 Å². The Kier molecular flexibility index (Phi) is 6.85. The van der Waals surface area contributed by atoms with E-state index < -0.39 is 6.10 Å². The molecule has 1 aromatic heterocycles. The number of hydrogen-bond acceptors (Lipinski definition) is 8. The van der Waals surface area contributed by atoms with Crippen LogP contribution in [0.4, 0.5) is 11.7 Å². The van der Waals surface area contributed by atoms with Crippen molar-refractivity contribution in [2.24, 2.45) is 5.92 Å². The summed E-state index contributed by atoms with van der Waals surface area (Å²) in [4.78, 5) is 17.3. The highest BCUT2D eigenvalue weighted by atomic mass is 16.4. The van der Waals surface area contributed by atoms with Gasteiger partial charge in [-0.2, -0.15) is 0 Å². The summed E-state index contributed by atoms with van der Waals surface area (Å²) >= 11 is 0. The molecule has 5 rings (SSSR count). The first-order valence-corrected chi connectivity index (χ1v) is 12.6. The van der Waals surface area contributed by atoms with Gasteiger partial charge in [0.05, 0.1) is 6.10 Å². The van der Waals surface area contributed by atoms with Crippen molar-refractivity contribution in [2.75, 3.05) is 38.0 Å². The monoisotopic (exact) mass is 468 g/mol. The molecule has 34 heavy (non-hydrogen) atoms. The summed E-state index contributed by atoms with van der Waals surface area (Å²) < 4.78 is 5.80. The first-order chi connectivity index (χ1) is 16.5. The molecule has 1 aliphatic carbocycles.